The molecular weight excluding hydrogens is 707 g/mol. The maximum atomic E-state index is 14.4. The lowest BCUT2D eigenvalue weighted by Crippen LogP contribution is -2.74. The van der Waals surface area contributed by atoms with Crippen LogP contribution in [0.2, 0.25) is 0 Å². The maximum absolute atomic E-state index is 14.4. The van der Waals surface area contributed by atoms with Crippen molar-refractivity contribution in [3.8, 4) is 0 Å². The highest BCUT2D eigenvalue weighted by Gasteiger charge is 2.95. The summed E-state index contributed by atoms with van der Waals surface area (Å²) in [5.41, 5.74) is 0.860. The summed E-state index contributed by atoms with van der Waals surface area (Å²) in [5.74, 6) is -56.4. The lowest BCUT2D eigenvalue weighted by molar-refractivity contribution is -0.461. The molecule has 0 saturated carbocycles. The van der Waals surface area contributed by atoms with Gasteiger partial charge < -0.3 is 0 Å². The monoisotopic (exact) mass is 724 g/mol. The van der Waals surface area contributed by atoms with Gasteiger partial charge >= 0.3 is 47.6 Å². The van der Waals surface area contributed by atoms with Crippen molar-refractivity contribution in [3.63, 3.8) is 0 Å². The lowest BCUT2D eigenvalue weighted by Gasteiger charge is -2.42. The molecule has 3 aromatic rings. The van der Waals surface area contributed by atoms with E-state index in [2.05, 4.69) is 0 Å². The quantitative estimate of drug-likeness (QED) is 0.0991. The number of alkyl halides is 18. The fourth-order valence-corrected chi connectivity index (χ4v) is 4.77. The van der Waals surface area contributed by atoms with Crippen LogP contribution >= 0.6 is 11.6 Å². The van der Waals surface area contributed by atoms with Crippen molar-refractivity contribution in [1.29, 1.82) is 0 Å². The van der Waals surface area contributed by atoms with E-state index in [1.165, 1.54) is 12.1 Å². The van der Waals surface area contributed by atoms with Gasteiger partial charge in [0.1, 0.15) is 4.87 Å². The van der Waals surface area contributed by atoms with Crippen molar-refractivity contribution in [3.05, 3.63) is 107 Å². The second kappa shape index (κ2) is 12.0. The lowest BCUT2D eigenvalue weighted by atomic mass is 9.83. The molecular formula is C29H18ClF17. The van der Waals surface area contributed by atoms with Crippen molar-refractivity contribution < 1.29 is 74.6 Å². The van der Waals surface area contributed by atoms with Crippen LogP contribution in [0.25, 0.3) is 0 Å². The minimum absolute atomic E-state index is 0.252. The van der Waals surface area contributed by atoms with E-state index in [1.807, 2.05) is 0 Å². The van der Waals surface area contributed by atoms with Crippen LogP contribution in [-0.4, -0.2) is 47.6 Å². The van der Waals surface area contributed by atoms with Gasteiger partial charge in [-0.05, 0) is 28.7 Å². The molecule has 0 heterocycles. The first-order valence-corrected chi connectivity index (χ1v) is 13.1. The second-order valence-corrected chi connectivity index (χ2v) is 10.8. The van der Waals surface area contributed by atoms with Crippen LogP contribution in [0, 0.1) is 0 Å². The Morgan fingerprint density at radius 1 is 0.383 bits per heavy atom. The first-order chi connectivity index (χ1) is 21.1. The summed E-state index contributed by atoms with van der Waals surface area (Å²) in [6.45, 7) is 0. The number of hydrogen-bond donors (Lipinski definition) is 0. The van der Waals surface area contributed by atoms with Gasteiger partial charge in [0.25, 0.3) is 0 Å². The summed E-state index contributed by atoms with van der Waals surface area (Å²) in [6, 6.07) is 20.7. The van der Waals surface area contributed by atoms with Gasteiger partial charge in [-0.25, -0.2) is 0 Å². The molecule has 0 amide bonds. The summed E-state index contributed by atoms with van der Waals surface area (Å²) in [6.07, 6.45) is -11.7. The fraction of sp³-hybridized carbons (Fsp3) is 0.379. The summed E-state index contributed by atoms with van der Waals surface area (Å²) in [7, 11) is 0. The van der Waals surface area contributed by atoms with Crippen molar-refractivity contribution in [2.75, 3.05) is 0 Å². The first kappa shape index (κ1) is 38.2. The first-order valence-electron chi connectivity index (χ1n) is 12.8. The van der Waals surface area contributed by atoms with Gasteiger partial charge in [0, 0.05) is 6.42 Å². The van der Waals surface area contributed by atoms with Crippen LogP contribution in [0.15, 0.2) is 84.9 Å². The van der Waals surface area contributed by atoms with Gasteiger partial charge in [-0.1, -0.05) is 84.9 Å². The molecule has 0 bridgehead atoms. The highest BCUT2D eigenvalue weighted by molar-refractivity contribution is 6.28. The van der Waals surface area contributed by atoms with Gasteiger partial charge in [-0.3, -0.25) is 0 Å². The smallest absolute Gasteiger partial charge is 0.200 e. The molecule has 0 aliphatic rings. The minimum Gasteiger partial charge on any atom is -0.200 e. The zero-order valence-corrected chi connectivity index (χ0v) is 23.6. The molecule has 3 rings (SSSR count). The fourth-order valence-electron chi connectivity index (χ4n) is 4.39. The molecule has 0 nitrogen and oxygen atoms in total. The number of rotatable bonds is 12. The average Bonchev–Trinajstić information content (AvgIpc) is 2.99. The molecule has 0 atom stereocenters. The SMILES string of the molecule is FC(F)(F)C(F)(F)C(F)(F)C(F)(F)C(F)(F)C(F)(F)C(F)(F)C(F)(F)CCc1ccc(C(Cl)(c2ccccc2)c2ccccc2)cc1. The normalized spacial score (nSPS) is 14.8. The van der Waals surface area contributed by atoms with Gasteiger partial charge in [-0.15, -0.1) is 11.6 Å². The molecule has 0 radical (unpaired) electrons. The van der Waals surface area contributed by atoms with E-state index in [-0.39, 0.29) is 11.1 Å². The van der Waals surface area contributed by atoms with Crippen LogP contribution in [0.1, 0.15) is 28.7 Å². The van der Waals surface area contributed by atoms with E-state index in [4.69, 9.17) is 11.6 Å². The molecule has 260 valence electrons. The third-order valence-electron chi connectivity index (χ3n) is 7.21. The van der Waals surface area contributed by atoms with Crippen LogP contribution in [0.5, 0.6) is 0 Å². The molecule has 18 heteroatoms. The van der Waals surface area contributed by atoms with E-state index in [1.54, 1.807) is 60.7 Å². The highest BCUT2D eigenvalue weighted by Crippen LogP contribution is 2.64. The average molecular weight is 725 g/mol. The third-order valence-corrected chi connectivity index (χ3v) is 7.86. The van der Waals surface area contributed by atoms with Crippen molar-refractivity contribution in [2.24, 2.45) is 0 Å². The van der Waals surface area contributed by atoms with Gasteiger partial charge in [0.05, 0.1) is 0 Å². The molecule has 0 N–H and O–H groups in total. The van der Waals surface area contributed by atoms with E-state index < -0.39 is 65.3 Å². The third kappa shape index (κ3) is 5.90. The number of halogens is 18. The Labute approximate surface area is 259 Å². The van der Waals surface area contributed by atoms with Gasteiger partial charge in [-0.2, -0.15) is 74.6 Å². The van der Waals surface area contributed by atoms with Crippen LogP contribution in [-0.2, 0) is 11.3 Å². The van der Waals surface area contributed by atoms with Crippen molar-refractivity contribution in [2.45, 2.75) is 65.3 Å². The maximum Gasteiger partial charge on any atom is 0.460 e. The molecule has 0 saturated heterocycles. The molecule has 0 unspecified atom stereocenters. The number of benzene rings is 3. The molecule has 0 spiro atoms. The molecule has 0 aromatic heterocycles. The molecule has 0 aliphatic heterocycles. The Morgan fingerprint density at radius 3 is 1.06 bits per heavy atom. The van der Waals surface area contributed by atoms with Crippen molar-refractivity contribution >= 4 is 11.6 Å². The van der Waals surface area contributed by atoms with Crippen molar-refractivity contribution in [1.82, 2.24) is 0 Å². The van der Waals surface area contributed by atoms with E-state index in [0.717, 1.165) is 12.1 Å². The topological polar surface area (TPSA) is 0 Å². The molecule has 47 heavy (non-hydrogen) atoms. The zero-order valence-electron chi connectivity index (χ0n) is 22.8. The van der Waals surface area contributed by atoms with E-state index in [9.17, 15) is 74.6 Å². The predicted octanol–water partition coefficient (Wildman–Crippen LogP) is 11.2. The van der Waals surface area contributed by atoms with Gasteiger partial charge in [0.15, 0.2) is 0 Å². The minimum atomic E-state index is -8.65. The Bertz CT molecular complexity index is 1460. The standard InChI is InChI=1S/C29H18ClF17/c30-22(18-7-3-1-4-8-18,19-9-5-2-6-10-19)20-13-11-17(12-14-20)15-16-21(31,32)23(33,34)24(35,36)25(37,38)26(39,40)27(41,42)28(43,44)29(45,46)47/h1-14H,15-16H2. The van der Waals surface area contributed by atoms with Gasteiger partial charge in [0.2, 0.25) is 0 Å². The summed E-state index contributed by atoms with van der Waals surface area (Å²) >= 11 is 6.99. The predicted molar refractivity (Wildman–Crippen MR) is 134 cm³/mol. The molecule has 0 fully saturated rings. The summed E-state index contributed by atoms with van der Waals surface area (Å²) in [5, 5.41) is 0. The zero-order chi connectivity index (χ0) is 36.1. The number of hydrogen-bond acceptors (Lipinski definition) is 0. The Kier molecular flexibility index (Phi) is 9.77. The number of aryl methyl sites for hydroxylation is 1. The van der Waals surface area contributed by atoms with Crippen LogP contribution in [0.3, 0.4) is 0 Å². The van der Waals surface area contributed by atoms with Crippen LogP contribution in [0.4, 0.5) is 74.6 Å². The molecule has 3 aromatic carbocycles. The van der Waals surface area contributed by atoms with E-state index in [0.29, 0.717) is 11.1 Å². The molecule has 0 aliphatic carbocycles. The Morgan fingerprint density at radius 2 is 0.702 bits per heavy atom. The Hall–Kier alpha value is -3.24. The summed E-state index contributed by atoms with van der Waals surface area (Å²) in [4.78, 5) is -1.44. The summed E-state index contributed by atoms with van der Waals surface area (Å²) < 4.78 is 230. The highest BCUT2D eigenvalue weighted by atomic mass is 35.5. The Balaban J connectivity index is 1.92. The second-order valence-electron chi connectivity index (χ2n) is 10.2. The van der Waals surface area contributed by atoms with E-state index >= 15 is 0 Å². The largest absolute Gasteiger partial charge is 0.460 e. The van der Waals surface area contributed by atoms with Crippen LogP contribution < -0.4 is 0 Å².